The van der Waals surface area contributed by atoms with E-state index >= 15 is 0 Å². The van der Waals surface area contributed by atoms with Crippen LogP contribution in [-0.2, 0) is 38.7 Å². The second-order valence-electron chi connectivity index (χ2n) is 4.27. The zero-order chi connectivity index (χ0) is 20.6. The van der Waals surface area contributed by atoms with Crippen LogP contribution < -0.4 is 20.4 Å². The minimum absolute atomic E-state index is 0. The Kier molecular flexibility index (Phi) is 35.2. The van der Waals surface area contributed by atoms with Crippen molar-refractivity contribution in [1.82, 2.24) is 0 Å². The maximum Gasteiger partial charge on any atom is 2.00 e. The normalized spacial score (nSPS) is 6.92. The van der Waals surface area contributed by atoms with Crippen LogP contribution in [0.3, 0.4) is 0 Å². The van der Waals surface area contributed by atoms with Gasteiger partial charge >= 0.3 is 42.5 Å². The minimum Gasteiger partial charge on any atom is -0.545 e. The predicted octanol–water partition coefficient (Wildman–Crippen LogP) is -3.13. The van der Waals surface area contributed by atoms with Crippen LogP contribution >= 0.6 is 0 Å². The Morgan fingerprint density at radius 1 is 0.500 bits per heavy atom. The van der Waals surface area contributed by atoms with E-state index in [1.165, 1.54) is 27.7 Å². The number of hydrogen-bond acceptors (Lipinski definition) is 8. The van der Waals surface area contributed by atoms with E-state index < -0.39 is 23.9 Å². The summed E-state index contributed by atoms with van der Waals surface area (Å²) in [5, 5.41) is 38.0. The molecule has 0 atom stereocenters. The van der Waals surface area contributed by atoms with Crippen LogP contribution in [0.5, 0.6) is 0 Å². The Labute approximate surface area is 181 Å². The first-order chi connectivity index (χ1) is 10.6. The van der Waals surface area contributed by atoms with Gasteiger partial charge < -0.3 is 39.6 Å². The van der Waals surface area contributed by atoms with Gasteiger partial charge in [0.15, 0.2) is 0 Å². The molecule has 0 rings (SSSR count). The molecule has 0 radical (unpaired) electrons. The summed E-state index contributed by atoms with van der Waals surface area (Å²) in [5.74, 6) is -4.74. The molecule has 0 aliphatic heterocycles. The Morgan fingerprint density at radius 3 is 0.538 bits per heavy atom. The van der Waals surface area contributed by atoms with Gasteiger partial charge in [-0.1, -0.05) is 26.3 Å². The second kappa shape index (κ2) is 23.2. The van der Waals surface area contributed by atoms with Crippen molar-refractivity contribution in [3.8, 4) is 0 Å². The van der Waals surface area contributed by atoms with E-state index in [1.54, 1.807) is 0 Å². The van der Waals surface area contributed by atoms with Crippen LogP contribution in [0.2, 0.25) is 0 Å². The Hall–Kier alpha value is -1.77. The summed E-state index contributed by atoms with van der Waals surface area (Å²) in [4.78, 5) is 38.0. The third kappa shape index (κ3) is 49.5. The van der Waals surface area contributed by atoms with Crippen molar-refractivity contribution in [1.29, 1.82) is 0 Å². The smallest absolute Gasteiger partial charge is 0.545 e. The molecule has 0 aromatic heterocycles. The van der Waals surface area contributed by atoms with Crippen molar-refractivity contribution in [2.45, 2.75) is 27.7 Å². The molecule has 136 valence electrons. The number of rotatable bonds is 4. The fourth-order valence-electron chi connectivity index (χ4n) is 0. The maximum atomic E-state index is 9.49. The van der Waals surface area contributed by atoms with Crippen LogP contribution in [0.1, 0.15) is 27.7 Å². The number of hydrogen-bond donors (Lipinski definition) is 0. The number of carbonyl (C=O) groups is 4. The SMILES string of the molecule is C=C(C)C(=O)[O-].C=C(C)C(=O)[O-].C=C(C)C(=O)[O-].C=C(C)C(=O)[O-].[Mg+2].[Zn+2]. The van der Waals surface area contributed by atoms with Gasteiger partial charge in [-0.05, 0) is 50.0 Å². The molecule has 0 N–H and O–H groups in total. The minimum atomic E-state index is -1.19. The summed E-state index contributed by atoms with van der Waals surface area (Å²) in [6.07, 6.45) is 0. The molecule has 0 aliphatic carbocycles. The van der Waals surface area contributed by atoms with E-state index in [0.29, 0.717) is 0 Å². The summed E-state index contributed by atoms with van der Waals surface area (Å²) < 4.78 is 0. The molecule has 0 saturated heterocycles. The molecule has 0 unspecified atom stereocenters. The van der Waals surface area contributed by atoms with E-state index in [1.807, 2.05) is 0 Å². The Morgan fingerprint density at radius 2 is 0.538 bits per heavy atom. The van der Waals surface area contributed by atoms with Gasteiger partial charge in [0.2, 0.25) is 0 Å². The van der Waals surface area contributed by atoms with Crippen LogP contribution in [0.15, 0.2) is 48.6 Å². The quantitative estimate of drug-likeness (QED) is 0.334. The van der Waals surface area contributed by atoms with E-state index in [4.69, 9.17) is 0 Å². The zero-order valence-corrected chi connectivity index (χ0v) is 19.9. The largest absolute Gasteiger partial charge is 2.00 e. The van der Waals surface area contributed by atoms with E-state index in [9.17, 15) is 39.6 Å². The maximum absolute atomic E-state index is 9.49. The number of carbonyl (C=O) groups excluding carboxylic acids is 4. The first-order valence-corrected chi connectivity index (χ1v) is 6.05. The molecule has 0 aliphatic rings. The van der Waals surface area contributed by atoms with Crippen molar-refractivity contribution in [2.75, 3.05) is 0 Å². The van der Waals surface area contributed by atoms with Crippen LogP contribution in [-0.4, -0.2) is 46.9 Å². The topological polar surface area (TPSA) is 161 Å². The van der Waals surface area contributed by atoms with Gasteiger partial charge in [0.05, 0.1) is 23.9 Å². The fourth-order valence-corrected chi connectivity index (χ4v) is 0. The Balaban J connectivity index is -0.0000000500. The molecular weight excluding hydrogens is 410 g/mol. The molecule has 0 aromatic rings. The molecule has 0 fully saturated rings. The van der Waals surface area contributed by atoms with Crippen LogP contribution in [0.4, 0.5) is 0 Å². The molecule has 0 spiro atoms. The van der Waals surface area contributed by atoms with Gasteiger partial charge in [-0.3, -0.25) is 0 Å². The van der Waals surface area contributed by atoms with Crippen molar-refractivity contribution in [2.24, 2.45) is 0 Å². The van der Waals surface area contributed by atoms with E-state index in [0.717, 1.165) is 0 Å². The van der Waals surface area contributed by atoms with Gasteiger partial charge in [-0.15, -0.1) is 0 Å². The second-order valence-corrected chi connectivity index (χ2v) is 4.27. The van der Waals surface area contributed by atoms with Crippen molar-refractivity contribution in [3.05, 3.63) is 48.6 Å². The third-order valence-electron chi connectivity index (χ3n) is 1.39. The molecule has 0 aromatic carbocycles. The summed E-state index contributed by atoms with van der Waals surface area (Å²) in [6, 6.07) is 0. The molecule has 0 heterocycles. The van der Waals surface area contributed by atoms with Crippen LogP contribution in [0.25, 0.3) is 0 Å². The first kappa shape index (κ1) is 39.3. The molecule has 8 nitrogen and oxygen atoms in total. The number of carboxylic acids is 4. The van der Waals surface area contributed by atoms with Gasteiger partial charge in [0, 0.05) is 0 Å². The fraction of sp³-hybridized carbons (Fsp3) is 0.250. The average Bonchev–Trinajstić information content (AvgIpc) is 2.40. The van der Waals surface area contributed by atoms with E-state index in [-0.39, 0.29) is 64.8 Å². The number of carboxylic acid groups (broad SMARTS) is 4. The molecule has 0 saturated carbocycles. The molecule has 0 bridgehead atoms. The van der Waals surface area contributed by atoms with E-state index in [2.05, 4.69) is 26.3 Å². The summed E-state index contributed by atoms with van der Waals surface area (Å²) >= 11 is 0. The summed E-state index contributed by atoms with van der Waals surface area (Å²) in [5.41, 5.74) is 0.259. The Bertz CT molecular complexity index is 394. The standard InChI is InChI=1S/4C4H6O2.Mg.Zn/c4*1-3(2)4(5)6;;/h4*1H2,2H3,(H,5,6);;/q;;;;2*+2/p-4. The number of aliphatic carboxylic acids is 4. The average molecular weight is 430 g/mol. The van der Waals surface area contributed by atoms with Crippen molar-refractivity contribution in [3.63, 3.8) is 0 Å². The first-order valence-electron chi connectivity index (χ1n) is 6.05. The third-order valence-corrected chi connectivity index (χ3v) is 1.39. The summed E-state index contributed by atoms with van der Waals surface area (Å²) in [7, 11) is 0. The van der Waals surface area contributed by atoms with Crippen LogP contribution in [0, 0.1) is 0 Å². The molecule has 0 amide bonds. The molecular formula is C16H20MgO8Zn. The summed E-state index contributed by atoms with van der Waals surface area (Å²) in [6.45, 7) is 17.9. The zero-order valence-electron chi connectivity index (χ0n) is 15.5. The molecule has 10 heteroatoms. The van der Waals surface area contributed by atoms with Crippen molar-refractivity contribution >= 4 is 46.9 Å². The van der Waals surface area contributed by atoms with Gasteiger partial charge in [0.25, 0.3) is 0 Å². The molecule has 26 heavy (non-hydrogen) atoms. The predicted molar refractivity (Wildman–Crippen MR) is 85.0 cm³/mol. The monoisotopic (exact) mass is 428 g/mol. The van der Waals surface area contributed by atoms with Crippen molar-refractivity contribution < 1.29 is 59.1 Å². The van der Waals surface area contributed by atoms with Gasteiger partial charge in [-0.2, -0.15) is 0 Å². The van der Waals surface area contributed by atoms with Gasteiger partial charge in [0.1, 0.15) is 0 Å². The van der Waals surface area contributed by atoms with Gasteiger partial charge in [-0.25, -0.2) is 0 Å².